The van der Waals surface area contributed by atoms with E-state index in [9.17, 15) is 14.0 Å². The van der Waals surface area contributed by atoms with Gasteiger partial charge in [-0.05, 0) is 36.4 Å². The first-order chi connectivity index (χ1) is 9.95. The third-order valence-corrected chi connectivity index (χ3v) is 2.78. The summed E-state index contributed by atoms with van der Waals surface area (Å²) in [7, 11) is 0. The molecule has 3 N–H and O–H groups in total. The Hall–Kier alpha value is -2.60. The van der Waals surface area contributed by atoms with E-state index in [1.165, 1.54) is 36.4 Å². The standard InChI is InChI=1S/C14H10ClFN2O3/c15-9-4-5-12(11(16)7-9)18-14(21)17-10-3-1-2-8(6-10)13(19)20/h1-7H,(H,19,20)(H2,17,18,21). The van der Waals surface area contributed by atoms with Crippen molar-refractivity contribution in [1.82, 2.24) is 0 Å². The lowest BCUT2D eigenvalue weighted by atomic mass is 10.2. The summed E-state index contributed by atoms with van der Waals surface area (Å²) in [4.78, 5) is 22.5. The molecule has 21 heavy (non-hydrogen) atoms. The number of aromatic carboxylic acids is 1. The summed E-state index contributed by atoms with van der Waals surface area (Å²) in [6, 6.07) is 8.83. The first kappa shape index (κ1) is 14.8. The molecule has 108 valence electrons. The fourth-order valence-corrected chi connectivity index (χ4v) is 1.76. The summed E-state index contributed by atoms with van der Waals surface area (Å²) >= 11 is 5.61. The number of rotatable bonds is 3. The van der Waals surface area contributed by atoms with Crippen molar-refractivity contribution in [2.45, 2.75) is 0 Å². The van der Waals surface area contributed by atoms with E-state index in [0.29, 0.717) is 0 Å². The molecule has 2 aromatic carbocycles. The van der Waals surface area contributed by atoms with E-state index in [1.54, 1.807) is 0 Å². The van der Waals surface area contributed by atoms with Gasteiger partial charge in [0.05, 0.1) is 11.3 Å². The third-order valence-electron chi connectivity index (χ3n) is 2.55. The number of carbonyl (C=O) groups excluding carboxylic acids is 1. The first-order valence-electron chi connectivity index (χ1n) is 5.82. The molecule has 0 aliphatic heterocycles. The molecule has 0 heterocycles. The van der Waals surface area contributed by atoms with Crippen LogP contribution in [0.2, 0.25) is 5.02 Å². The molecular formula is C14H10ClFN2O3. The van der Waals surface area contributed by atoms with Crippen LogP contribution in [0.1, 0.15) is 10.4 Å². The minimum atomic E-state index is -1.11. The lowest BCUT2D eigenvalue weighted by molar-refractivity contribution is 0.0697. The average molecular weight is 309 g/mol. The fraction of sp³-hybridized carbons (Fsp3) is 0. The van der Waals surface area contributed by atoms with Gasteiger partial charge in [-0.2, -0.15) is 0 Å². The van der Waals surface area contributed by atoms with E-state index in [-0.39, 0.29) is 22.0 Å². The number of carboxylic acids is 1. The molecule has 7 heteroatoms. The van der Waals surface area contributed by atoms with Crippen LogP contribution < -0.4 is 10.6 Å². The van der Waals surface area contributed by atoms with Crippen molar-refractivity contribution < 1.29 is 19.1 Å². The molecule has 5 nitrogen and oxygen atoms in total. The molecule has 0 bridgehead atoms. The van der Waals surface area contributed by atoms with E-state index in [1.807, 2.05) is 0 Å². The Kier molecular flexibility index (Phi) is 4.39. The van der Waals surface area contributed by atoms with Gasteiger partial charge in [-0.3, -0.25) is 0 Å². The highest BCUT2D eigenvalue weighted by Gasteiger charge is 2.09. The van der Waals surface area contributed by atoms with Gasteiger partial charge in [0.15, 0.2) is 0 Å². The second-order valence-electron chi connectivity index (χ2n) is 4.09. The fourth-order valence-electron chi connectivity index (χ4n) is 1.61. The van der Waals surface area contributed by atoms with E-state index in [2.05, 4.69) is 10.6 Å². The summed E-state index contributed by atoms with van der Waals surface area (Å²) in [5, 5.41) is 13.8. The number of amides is 2. The van der Waals surface area contributed by atoms with Gasteiger partial charge in [-0.1, -0.05) is 17.7 Å². The van der Waals surface area contributed by atoms with E-state index < -0.39 is 17.8 Å². The highest BCUT2D eigenvalue weighted by molar-refractivity contribution is 6.30. The molecule has 0 aromatic heterocycles. The Morgan fingerprint density at radius 1 is 1.10 bits per heavy atom. The van der Waals surface area contributed by atoms with Crippen LogP contribution in [0.3, 0.4) is 0 Å². The lowest BCUT2D eigenvalue weighted by Gasteiger charge is -2.09. The van der Waals surface area contributed by atoms with Crippen molar-refractivity contribution in [2.75, 3.05) is 10.6 Å². The first-order valence-corrected chi connectivity index (χ1v) is 6.20. The quantitative estimate of drug-likeness (QED) is 0.806. The molecule has 0 aliphatic carbocycles. The molecule has 0 aliphatic rings. The van der Waals surface area contributed by atoms with E-state index in [0.717, 1.165) is 6.07 Å². The molecule has 2 amide bonds. The van der Waals surface area contributed by atoms with E-state index >= 15 is 0 Å². The maximum Gasteiger partial charge on any atom is 0.335 e. The summed E-state index contributed by atoms with van der Waals surface area (Å²) < 4.78 is 13.5. The zero-order valence-corrected chi connectivity index (χ0v) is 11.3. The van der Waals surface area contributed by atoms with Gasteiger partial charge in [0.1, 0.15) is 5.82 Å². The van der Waals surface area contributed by atoms with Gasteiger partial charge in [0.25, 0.3) is 0 Å². The molecule has 0 radical (unpaired) electrons. The number of urea groups is 1. The number of carboxylic acid groups (broad SMARTS) is 1. The van der Waals surface area contributed by atoms with Gasteiger partial charge in [0.2, 0.25) is 0 Å². The maximum atomic E-state index is 13.5. The van der Waals surface area contributed by atoms with Crippen LogP contribution in [0, 0.1) is 5.82 Å². The zero-order valence-electron chi connectivity index (χ0n) is 10.6. The number of hydrogen-bond donors (Lipinski definition) is 3. The molecule has 2 aromatic rings. The highest BCUT2D eigenvalue weighted by Crippen LogP contribution is 2.19. The van der Waals surface area contributed by atoms with Crippen molar-refractivity contribution >= 4 is 35.0 Å². The van der Waals surface area contributed by atoms with Crippen molar-refractivity contribution in [3.8, 4) is 0 Å². The van der Waals surface area contributed by atoms with Crippen molar-refractivity contribution in [3.05, 3.63) is 58.9 Å². The normalized spacial score (nSPS) is 10.0. The van der Waals surface area contributed by atoms with Crippen molar-refractivity contribution in [1.29, 1.82) is 0 Å². The molecular weight excluding hydrogens is 299 g/mol. The predicted molar refractivity (Wildman–Crippen MR) is 77.5 cm³/mol. The number of hydrogen-bond acceptors (Lipinski definition) is 2. The van der Waals surface area contributed by atoms with Crippen molar-refractivity contribution in [2.24, 2.45) is 0 Å². The smallest absolute Gasteiger partial charge is 0.335 e. The summed E-state index contributed by atoms with van der Waals surface area (Å²) in [5.41, 5.74) is 0.276. The third kappa shape index (κ3) is 3.93. The lowest BCUT2D eigenvalue weighted by Crippen LogP contribution is -2.20. The monoisotopic (exact) mass is 308 g/mol. The van der Waals surface area contributed by atoms with Crippen LogP contribution in [0.5, 0.6) is 0 Å². The molecule has 2 rings (SSSR count). The minimum Gasteiger partial charge on any atom is -0.478 e. The van der Waals surface area contributed by atoms with Gasteiger partial charge in [-0.15, -0.1) is 0 Å². The van der Waals surface area contributed by atoms with Crippen LogP contribution in [0.4, 0.5) is 20.6 Å². The SMILES string of the molecule is O=C(Nc1cccc(C(=O)O)c1)Nc1ccc(Cl)cc1F. The van der Waals surface area contributed by atoms with Crippen LogP contribution in [0.15, 0.2) is 42.5 Å². The van der Waals surface area contributed by atoms with E-state index in [4.69, 9.17) is 16.7 Å². The second-order valence-corrected chi connectivity index (χ2v) is 4.53. The number of carbonyl (C=O) groups is 2. The minimum absolute atomic E-state index is 0.0328. The summed E-state index contributed by atoms with van der Waals surface area (Å²) in [5.74, 6) is -1.78. The van der Waals surface area contributed by atoms with Gasteiger partial charge in [0, 0.05) is 10.7 Å². The largest absolute Gasteiger partial charge is 0.478 e. The molecule has 0 atom stereocenters. The Morgan fingerprint density at radius 3 is 2.52 bits per heavy atom. The maximum absolute atomic E-state index is 13.5. The number of halogens is 2. The average Bonchev–Trinajstić information content (AvgIpc) is 2.42. The van der Waals surface area contributed by atoms with Gasteiger partial charge < -0.3 is 15.7 Å². The highest BCUT2D eigenvalue weighted by atomic mass is 35.5. The number of nitrogens with one attached hydrogen (secondary N) is 2. The number of anilines is 2. The van der Waals surface area contributed by atoms with Crippen LogP contribution in [-0.4, -0.2) is 17.1 Å². The summed E-state index contributed by atoms with van der Waals surface area (Å²) in [6.07, 6.45) is 0. The molecule has 0 fully saturated rings. The Bertz CT molecular complexity index is 706. The van der Waals surface area contributed by atoms with Crippen LogP contribution in [-0.2, 0) is 0 Å². The Labute approximate surface area is 124 Å². The Balaban J connectivity index is 2.08. The van der Waals surface area contributed by atoms with Crippen LogP contribution >= 0.6 is 11.6 Å². The van der Waals surface area contributed by atoms with Gasteiger partial charge in [-0.25, -0.2) is 14.0 Å². The molecule has 0 unspecified atom stereocenters. The van der Waals surface area contributed by atoms with Crippen molar-refractivity contribution in [3.63, 3.8) is 0 Å². The van der Waals surface area contributed by atoms with Gasteiger partial charge >= 0.3 is 12.0 Å². The van der Waals surface area contributed by atoms with Crippen LogP contribution in [0.25, 0.3) is 0 Å². The topological polar surface area (TPSA) is 78.4 Å². The molecule has 0 saturated carbocycles. The summed E-state index contributed by atoms with van der Waals surface area (Å²) in [6.45, 7) is 0. The molecule has 0 spiro atoms. The number of benzene rings is 2. The molecule has 0 saturated heterocycles. The predicted octanol–water partition coefficient (Wildman–Crippen LogP) is 3.82. The second kappa shape index (κ2) is 6.23. The Morgan fingerprint density at radius 2 is 1.86 bits per heavy atom. The zero-order chi connectivity index (χ0) is 15.4.